The van der Waals surface area contributed by atoms with Crippen molar-refractivity contribution in [2.75, 3.05) is 11.1 Å². The molecule has 0 atom stereocenters. The molecule has 0 aliphatic carbocycles. The first kappa shape index (κ1) is 18.0. The van der Waals surface area contributed by atoms with E-state index in [9.17, 15) is 18.0 Å². The molecule has 0 fully saturated rings. The largest absolute Gasteiger partial charge is 0.490 e. The maximum atomic E-state index is 11.9. The van der Waals surface area contributed by atoms with Crippen molar-refractivity contribution in [2.24, 2.45) is 0 Å². The Kier molecular flexibility index (Phi) is 5.06. The number of aliphatic carboxylic acids is 1. The molecule has 1 amide bonds. The molecule has 0 unspecified atom stereocenters. The minimum absolute atomic E-state index is 0.125. The van der Waals surface area contributed by atoms with Gasteiger partial charge in [0.2, 0.25) is 0 Å². The minimum atomic E-state index is -5.08. The molecule has 9 heteroatoms. The van der Waals surface area contributed by atoms with Crippen LogP contribution in [0.15, 0.2) is 42.6 Å². The van der Waals surface area contributed by atoms with Gasteiger partial charge in [0, 0.05) is 17.4 Å². The normalized spacial score (nSPS) is 14.4. The number of pyridine rings is 1. The number of nitrogens with two attached hydrogens (primary N) is 1. The van der Waals surface area contributed by atoms with Crippen molar-refractivity contribution >= 4 is 35.0 Å². The zero-order valence-electron chi connectivity index (χ0n) is 12.5. The molecule has 1 aliphatic heterocycles. The Morgan fingerprint density at radius 3 is 2.36 bits per heavy atom. The van der Waals surface area contributed by atoms with E-state index >= 15 is 0 Å². The lowest BCUT2D eigenvalue weighted by Gasteiger charge is -1.98. The highest BCUT2D eigenvalue weighted by molar-refractivity contribution is 6.34. The number of fused-ring (bicyclic) bond motifs is 1. The molecule has 3 rings (SSSR count). The minimum Gasteiger partial charge on any atom is -0.475 e. The van der Waals surface area contributed by atoms with Crippen molar-refractivity contribution in [1.82, 2.24) is 4.98 Å². The van der Waals surface area contributed by atoms with E-state index in [0.717, 1.165) is 11.1 Å². The predicted octanol–water partition coefficient (Wildman–Crippen LogP) is 2.79. The number of nitrogen functional groups attached to an aromatic ring is 1. The first-order chi connectivity index (χ1) is 11.7. The first-order valence-corrected chi connectivity index (χ1v) is 6.82. The smallest absolute Gasteiger partial charge is 0.475 e. The summed E-state index contributed by atoms with van der Waals surface area (Å²) >= 11 is 0. The Morgan fingerprint density at radius 2 is 1.80 bits per heavy atom. The van der Waals surface area contributed by atoms with Crippen molar-refractivity contribution in [1.29, 1.82) is 0 Å². The van der Waals surface area contributed by atoms with E-state index < -0.39 is 12.1 Å². The molecule has 0 radical (unpaired) electrons. The SMILES string of the molecule is Nc1ccc(C=C2C(=O)Nc3ncccc32)cc1.O=C(O)C(F)(F)F. The van der Waals surface area contributed by atoms with E-state index in [-0.39, 0.29) is 5.91 Å². The lowest BCUT2D eigenvalue weighted by atomic mass is 10.1. The van der Waals surface area contributed by atoms with Gasteiger partial charge < -0.3 is 16.2 Å². The van der Waals surface area contributed by atoms with Crippen molar-refractivity contribution in [3.8, 4) is 0 Å². The summed E-state index contributed by atoms with van der Waals surface area (Å²) < 4.78 is 31.7. The Bertz CT molecular complexity index is 831. The lowest BCUT2D eigenvalue weighted by Crippen LogP contribution is -2.21. The number of anilines is 2. The molecule has 1 aromatic heterocycles. The second-order valence-corrected chi connectivity index (χ2v) is 4.88. The van der Waals surface area contributed by atoms with Crippen LogP contribution < -0.4 is 11.1 Å². The zero-order valence-corrected chi connectivity index (χ0v) is 12.5. The average molecular weight is 351 g/mol. The van der Waals surface area contributed by atoms with Crippen LogP contribution in [0.25, 0.3) is 11.6 Å². The fourth-order valence-corrected chi connectivity index (χ4v) is 1.92. The van der Waals surface area contributed by atoms with Crippen LogP contribution in [0.1, 0.15) is 11.1 Å². The highest BCUT2D eigenvalue weighted by Gasteiger charge is 2.38. The van der Waals surface area contributed by atoms with Gasteiger partial charge in [-0.2, -0.15) is 13.2 Å². The van der Waals surface area contributed by atoms with Crippen LogP contribution in [0.3, 0.4) is 0 Å². The third-order valence-corrected chi connectivity index (χ3v) is 3.06. The van der Waals surface area contributed by atoms with E-state index in [4.69, 9.17) is 15.6 Å². The summed E-state index contributed by atoms with van der Waals surface area (Å²) in [6.07, 6.45) is -1.59. The maximum Gasteiger partial charge on any atom is 0.490 e. The quantitative estimate of drug-likeness (QED) is 0.541. The van der Waals surface area contributed by atoms with Gasteiger partial charge in [-0.1, -0.05) is 12.1 Å². The number of rotatable bonds is 1. The molecule has 2 aromatic rings. The van der Waals surface area contributed by atoms with Crippen LogP contribution in [-0.4, -0.2) is 28.1 Å². The summed E-state index contributed by atoms with van der Waals surface area (Å²) in [7, 11) is 0. The Morgan fingerprint density at radius 1 is 1.20 bits per heavy atom. The molecular weight excluding hydrogens is 339 g/mol. The second-order valence-electron chi connectivity index (χ2n) is 4.88. The number of nitrogens with one attached hydrogen (secondary N) is 1. The van der Waals surface area contributed by atoms with Crippen molar-refractivity contribution in [2.45, 2.75) is 6.18 Å². The lowest BCUT2D eigenvalue weighted by molar-refractivity contribution is -0.192. The van der Waals surface area contributed by atoms with Gasteiger partial charge in [0.15, 0.2) is 0 Å². The number of hydrogen-bond acceptors (Lipinski definition) is 4. The molecule has 25 heavy (non-hydrogen) atoms. The van der Waals surface area contributed by atoms with E-state index in [0.29, 0.717) is 17.1 Å². The average Bonchev–Trinajstić information content (AvgIpc) is 2.85. The highest BCUT2D eigenvalue weighted by Crippen LogP contribution is 2.30. The van der Waals surface area contributed by atoms with Gasteiger partial charge in [-0.25, -0.2) is 9.78 Å². The van der Waals surface area contributed by atoms with Crippen LogP contribution in [0.5, 0.6) is 0 Å². The monoisotopic (exact) mass is 351 g/mol. The van der Waals surface area contributed by atoms with Crippen LogP contribution in [0, 0.1) is 0 Å². The molecule has 0 spiro atoms. The topological polar surface area (TPSA) is 105 Å². The van der Waals surface area contributed by atoms with E-state index in [1.165, 1.54) is 0 Å². The number of hydrogen-bond donors (Lipinski definition) is 3. The van der Waals surface area contributed by atoms with Crippen LogP contribution in [0.2, 0.25) is 0 Å². The molecular formula is C16H12F3N3O3. The molecule has 1 aliphatic rings. The van der Waals surface area contributed by atoms with Gasteiger partial charge in [-0.15, -0.1) is 0 Å². The number of carboxylic acid groups (broad SMARTS) is 1. The van der Waals surface area contributed by atoms with Gasteiger partial charge >= 0.3 is 12.1 Å². The number of aromatic nitrogens is 1. The molecule has 130 valence electrons. The van der Waals surface area contributed by atoms with Gasteiger partial charge in [-0.05, 0) is 35.9 Å². The fourth-order valence-electron chi connectivity index (χ4n) is 1.92. The standard InChI is InChI=1S/C14H11N3O.C2HF3O2/c15-10-5-3-9(4-6-10)8-12-11-2-1-7-16-13(11)17-14(12)18;3-2(4,5)1(6)7/h1-8H,15H2,(H,16,17,18);(H,6,7). The van der Waals surface area contributed by atoms with E-state index in [1.807, 2.05) is 42.5 Å². The number of nitrogens with zero attached hydrogens (tertiary/aromatic N) is 1. The molecule has 0 saturated carbocycles. The van der Waals surface area contributed by atoms with Crippen LogP contribution in [-0.2, 0) is 9.59 Å². The summed E-state index contributed by atoms with van der Waals surface area (Å²) in [6.45, 7) is 0. The summed E-state index contributed by atoms with van der Waals surface area (Å²) in [4.78, 5) is 24.9. The van der Waals surface area contributed by atoms with Gasteiger partial charge in [0.05, 0.1) is 5.57 Å². The number of alkyl halides is 3. The number of carbonyl (C=O) groups excluding carboxylic acids is 1. The summed E-state index contributed by atoms with van der Waals surface area (Å²) in [5.74, 6) is -2.27. The van der Waals surface area contributed by atoms with Crippen molar-refractivity contribution < 1.29 is 27.9 Å². The molecule has 2 heterocycles. The molecule has 0 bridgehead atoms. The Labute approximate surface area is 139 Å². The summed E-state index contributed by atoms with van der Waals surface area (Å²) in [5, 5.41) is 9.86. The second kappa shape index (κ2) is 7.04. The van der Waals surface area contributed by atoms with E-state index in [1.54, 1.807) is 6.20 Å². The zero-order chi connectivity index (χ0) is 18.6. The fraction of sp³-hybridized carbons (Fsp3) is 0.0625. The summed E-state index contributed by atoms with van der Waals surface area (Å²) in [5.41, 5.74) is 8.73. The molecule has 0 saturated heterocycles. The number of amides is 1. The first-order valence-electron chi connectivity index (χ1n) is 6.82. The van der Waals surface area contributed by atoms with Crippen molar-refractivity contribution in [3.05, 3.63) is 53.7 Å². The van der Waals surface area contributed by atoms with Crippen LogP contribution in [0.4, 0.5) is 24.7 Å². The Hall–Kier alpha value is -3.36. The Balaban J connectivity index is 0.000000277. The van der Waals surface area contributed by atoms with Crippen LogP contribution >= 0.6 is 0 Å². The third kappa shape index (κ3) is 4.56. The number of halogens is 3. The number of carbonyl (C=O) groups is 2. The number of benzene rings is 1. The summed E-state index contributed by atoms with van der Waals surface area (Å²) in [6, 6.07) is 11.1. The van der Waals surface area contributed by atoms with Gasteiger partial charge in [0.25, 0.3) is 5.91 Å². The molecule has 1 aromatic carbocycles. The number of carboxylic acids is 1. The molecule has 4 N–H and O–H groups in total. The van der Waals surface area contributed by atoms with Gasteiger partial charge in [0.1, 0.15) is 5.82 Å². The maximum absolute atomic E-state index is 11.9. The predicted molar refractivity (Wildman–Crippen MR) is 85.3 cm³/mol. The molecule has 6 nitrogen and oxygen atoms in total. The third-order valence-electron chi connectivity index (χ3n) is 3.06. The van der Waals surface area contributed by atoms with E-state index in [2.05, 4.69) is 10.3 Å². The van der Waals surface area contributed by atoms with Crippen molar-refractivity contribution in [3.63, 3.8) is 0 Å². The highest BCUT2D eigenvalue weighted by atomic mass is 19.4. The van der Waals surface area contributed by atoms with Gasteiger partial charge in [-0.3, -0.25) is 4.79 Å².